The molecule has 206 valence electrons. The molecular weight excluding hydrogens is 545 g/mol. The van der Waals surface area contributed by atoms with Gasteiger partial charge in [-0.2, -0.15) is 39.5 Å². The van der Waals surface area contributed by atoms with E-state index in [4.69, 9.17) is 4.74 Å². The van der Waals surface area contributed by atoms with Gasteiger partial charge in [0.2, 0.25) is 0 Å². The van der Waals surface area contributed by atoms with E-state index in [0.29, 0.717) is 12.1 Å². The summed E-state index contributed by atoms with van der Waals surface area (Å²) in [6.45, 7) is 6.61. The maximum absolute atomic E-state index is 13.4. The zero-order valence-electron chi connectivity index (χ0n) is 20.5. The third-order valence-corrected chi connectivity index (χ3v) is 6.55. The average Bonchev–Trinajstić information content (AvgIpc) is 3.03. The highest BCUT2D eigenvalue weighted by molar-refractivity contribution is 6.83. The van der Waals surface area contributed by atoms with Gasteiger partial charge in [0, 0.05) is 5.56 Å². The molecule has 0 radical (unpaired) electrons. The number of halogens is 9. The molecule has 38 heavy (non-hydrogen) atoms. The Morgan fingerprint density at radius 3 is 1.84 bits per heavy atom. The Bertz CT molecular complexity index is 1250. The van der Waals surface area contributed by atoms with Crippen LogP contribution in [0.4, 0.5) is 44.3 Å². The molecule has 2 aromatic carbocycles. The SMILES string of the molecule is C[C@H]1C(c2cc(C(F)(F)F)cc(C(F)(F)F)c2)OC(=O)N1Cc1cc(C(F)(F)F)ccc1C#C[Si](C)(C)C. The Balaban J connectivity index is 2.03. The predicted molar refractivity (Wildman–Crippen MR) is 122 cm³/mol. The molecule has 1 amide bonds. The van der Waals surface area contributed by atoms with Gasteiger partial charge in [0.15, 0.2) is 0 Å². The molecule has 0 aliphatic carbocycles. The van der Waals surface area contributed by atoms with Crippen LogP contribution in [-0.2, 0) is 29.8 Å². The van der Waals surface area contributed by atoms with Crippen molar-refractivity contribution in [3.05, 3.63) is 69.8 Å². The molecule has 2 atom stereocenters. The van der Waals surface area contributed by atoms with Crippen LogP contribution in [0.2, 0.25) is 19.6 Å². The number of benzene rings is 2. The summed E-state index contributed by atoms with van der Waals surface area (Å²) in [4.78, 5) is 13.6. The molecule has 13 heteroatoms. The maximum Gasteiger partial charge on any atom is 0.416 e. The van der Waals surface area contributed by atoms with Crippen LogP contribution in [0.15, 0.2) is 36.4 Å². The summed E-state index contributed by atoms with van der Waals surface area (Å²) in [5.74, 6) is 2.84. The second-order valence-electron chi connectivity index (χ2n) is 9.88. The van der Waals surface area contributed by atoms with E-state index >= 15 is 0 Å². The quantitative estimate of drug-likeness (QED) is 0.213. The van der Waals surface area contributed by atoms with E-state index in [9.17, 15) is 44.3 Å². The molecule has 1 aliphatic rings. The molecule has 0 bridgehead atoms. The Labute approximate surface area is 213 Å². The number of hydrogen-bond donors (Lipinski definition) is 0. The van der Waals surface area contributed by atoms with Crippen molar-refractivity contribution in [2.45, 2.75) is 63.8 Å². The molecular formula is C25H22F9NO2Si. The van der Waals surface area contributed by atoms with Crippen molar-refractivity contribution < 1.29 is 49.0 Å². The lowest BCUT2D eigenvalue weighted by Gasteiger charge is -2.23. The van der Waals surface area contributed by atoms with Crippen LogP contribution < -0.4 is 0 Å². The average molecular weight is 568 g/mol. The summed E-state index contributed by atoms with van der Waals surface area (Å²) in [7, 11) is -1.95. The first kappa shape index (κ1) is 29.4. The van der Waals surface area contributed by atoms with Gasteiger partial charge in [0.1, 0.15) is 14.2 Å². The predicted octanol–water partition coefficient (Wildman–Crippen LogP) is 8.05. The van der Waals surface area contributed by atoms with E-state index in [1.165, 1.54) is 6.92 Å². The Hall–Kier alpha value is -3.14. The van der Waals surface area contributed by atoms with Crippen LogP contribution in [0, 0.1) is 11.5 Å². The van der Waals surface area contributed by atoms with E-state index in [-0.39, 0.29) is 17.2 Å². The van der Waals surface area contributed by atoms with Crippen molar-refractivity contribution in [2.75, 3.05) is 0 Å². The van der Waals surface area contributed by atoms with Crippen molar-refractivity contribution in [1.29, 1.82) is 0 Å². The highest BCUT2D eigenvalue weighted by Crippen LogP contribution is 2.41. The second-order valence-corrected chi connectivity index (χ2v) is 14.6. The summed E-state index contributed by atoms with van der Waals surface area (Å²) >= 11 is 0. The fourth-order valence-corrected chi connectivity index (χ4v) is 4.27. The smallest absolute Gasteiger partial charge is 0.416 e. The molecule has 2 aromatic rings. The monoisotopic (exact) mass is 567 g/mol. The number of cyclic esters (lactones) is 1. The summed E-state index contributed by atoms with van der Waals surface area (Å²) in [5, 5.41) is 0. The zero-order chi connectivity index (χ0) is 28.8. The lowest BCUT2D eigenvalue weighted by Crippen LogP contribution is -2.32. The largest absolute Gasteiger partial charge is 0.439 e. The number of carbonyl (C=O) groups excluding carboxylic acids is 1. The maximum atomic E-state index is 13.4. The number of rotatable bonds is 3. The standard InChI is InChI=1S/C25H22F9NO2Si/c1-14-21(16-9-19(24(29,30)31)12-20(10-16)25(32,33)34)37-22(36)35(14)13-17-11-18(23(26,27)28)6-5-15(17)7-8-38(2,3)4/h5-6,9-12,14,21H,13H2,1-4H3/t14-,21?/m0/s1. The van der Waals surface area contributed by atoms with E-state index in [2.05, 4.69) is 11.5 Å². The molecule has 1 fully saturated rings. The number of hydrogen-bond acceptors (Lipinski definition) is 2. The van der Waals surface area contributed by atoms with Gasteiger partial charge in [0.25, 0.3) is 0 Å². The molecule has 0 saturated carbocycles. The molecule has 0 spiro atoms. The molecule has 1 heterocycles. The summed E-state index contributed by atoms with van der Waals surface area (Å²) < 4.78 is 125. The van der Waals surface area contributed by atoms with Gasteiger partial charge in [-0.05, 0) is 54.4 Å². The Morgan fingerprint density at radius 1 is 0.842 bits per heavy atom. The van der Waals surface area contributed by atoms with Crippen molar-refractivity contribution in [1.82, 2.24) is 4.90 Å². The number of ether oxygens (including phenoxy) is 1. The Kier molecular flexibility index (Phi) is 7.64. The number of nitrogens with zero attached hydrogens (tertiary/aromatic N) is 1. The first-order chi connectivity index (χ1) is 17.2. The van der Waals surface area contributed by atoms with Crippen LogP contribution in [0.3, 0.4) is 0 Å². The molecule has 0 aromatic heterocycles. The highest BCUT2D eigenvalue weighted by Gasteiger charge is 2.43. The fourth-order valence-electron chi connectivity index (χ4n) is 3.76. The Morgan fingerprint density at radius 2 is 1.37 bits per heavy atom. The van der Waals surface area contributed by atoms with Crippen LogP contribution in [0.5, 0.6) is 0 Å². The molecule has 3 rings (SSSR count). The third kappa shape index (κ3) is 6.83. The highest BCUT2D eigenvalue weighted by atomic mass is 28.3. The zero-order valence-corrected chi connectivity index (χ0v) is 21.5. The lowest BCUT2D eigenvalue weighted by molar-refractivity contribution is -0.143. The van der Waals surface area contributed by atoms with Crippen LogP contribution in [-0.4, -0.2) is 25.1 Å². The van der Waals surface area contributed by atoms with Gasteiger partial charge in [-0.15, -0.1) is 5.54 Å². The van der Waals surface area contributed by atoms with Gasteiger partial charge in [-0.3, -0.25) is 4.90 Å². The number of carbonyl (C=O) groups is 1. The first-order valence-electron chi connectivity index (χ1n) is 11.2. The van der Waals surface area contributed by atoms with Crippen molar-refractivity contribution in [2.24, 2.45) is 0 Å². The molecule has 3 nitrogen and oxygen atoms in total. The van der Waals surface area contributed by atoms with E-state index < -0.39 is 73.6 Å². The normalized spacial score (nSPS) is 18.8. The number of alkyl halides is 9. The van der Waals surface area contributed by atoms with Crippen molar-refractivity contribution >= 4 is 14.2 Å². The molecule has 1 aliphatic heterocycles. The van der Waals surface area contributed by atoms with Crippen LogP contribution in [0.25, 0.3) is 0 Å². The minimum Gasteiger partial charge on any atom is -0.439 e. The van der Waals surface area contributed by atoms with Crippen molar-refractivity contribution in [3.63, 3.8) is 0 Å². The van der Waals surface area contributed by atoms with E-state index in [0.717, 1.165) is 23.1 Å². The van der Waals surface area contributed by atoms with Gasteiger partial charge in [-0.1, -0.05) is 25.6 Å². The topological polar surface area (TPSA) is 29.5 Å². The summed E-state index contributed by atoms with van der Waals surface area (Å²) in [6, 6.07) is 2.58. The second kappa shape index (κ2) is 9.87. The van der Waals surface area contributed by atoms with Gasteiger partial charge >= 0.3 is 24.6 Å². The van der Waals surface area contributed by atoms with Crippen LogP contribution >= 0.6 is 0 Å². The van der Waals surface area contributed by atoms with Crippen LogP contribution in [0.1, 0.15) is 46.4 Å². The number of amides is 1. The van der Waals surface area contributed by atoms with E-state index in [1.54, 1.807) is 0 Å². The molecule has 1 saturated heterocycles. The van der Waals surface area contributed by atoms with Crippen molar-refractivity contribution in [3.8, 4) is 11.5 Å². The lowest BCUT2D eigenvalue weighted by atomic mass is 9.97. The van der Waals surface area contributed by atoms with Gasteiger partial charge < -0.3 is 4.74 Å². The molecule has 1 unspecified atom stereocenters. The third-order valence-electron chi connectivity index (χ3n) is 5.68. The minimum atomic E-state index is -5.11. The molecule has 0 N–H and O–H groups in total. The first-order valence-corrected chi connectivity index (χ1v) is 14.7. The van der Waals surface area contributed by atoms with Gasteiger partial charge in [0.05, 0.1) is 29.3 Å². The fraction of sp³-hybridized carbons (Fsp3) is 0.400. The van der Waals surface area contributed by atoms with E-state index in [1.807, 2.05) is 19.6 Å². The minimum absolute atomic E-state index is 0.00930. The van der Waals surface area contributed by atoms with Gasteiger partial charge in [-0.25, -0.2) is 4.79 Å². The summed E-state index contributed by atoms with van der Waals surface area (Å²) in [5.41, 5.74) is -1.46. The summed E-state index contributed by atoms with van der Waals surface area (Å²) in [6.07, 6.45) is -17.6.